The van der Waals surface area contributed by atoms with E-state index in [1.807, 2.05) is 24.3 Å². The lowest BCUT2D eigenvalue weighted by molar-refractivity contribution is -0.133. The molecule has 0 amide bonds. The zero-order valence-corrected chi connectivity index (χ0v) is 19.2. The summed E-state index contributed by atoms with van der Waals surface area (Å²) >= 11 is 3.10. The Bertz CT molecular complexity index is 911. The van der Waals surface area contributed by atoms with Crippen molar-refractivity contribution in [2.24, 2.45) is 5.92 Å². The molecule has 0 unspecified atom stereocenters. The van der Waals surface area contributed by atoms with Gasteiger partial charge in [-0.1, -0.05) is 54.6 Å². The van der Waals surface area contributed by atoms with E-state index in [9.17, 15) is 14.7 Å². The highest BCUT2D eigenvalue weighted by atomic mass is 32.2. The van der Waals surface area contributed by atoms with Crippen molar-refractivity contribution < 1.29 is 19.8 Å². The number of aliphatic hydroxyl groups is 1. The molecule has 0 saturated heterocycles. The van der Waals surface area contributed by atoms with Gasteiger partial charge in [-0.15, -0.1) is 11.8 Å². The van der Waals surface area contributed by atoms with Gasteiger partial charge in [-0.2, -0.15) is 11.8 Å². The van der Waals surface area contributed by atoms with E-state index in [2.05, 4.69) is 30.3 Å². The molecule has 31 heavy (non-hydrogen) atoms. The van der Waals surface area contributed by atoms with E-state index < -0.39 is 12.1 Å². The lowest BCUT2D eigenvalue weighted by Gasteiger charge is -2.15. The number of carboxylic acid groups (broad SMARTS) is 1. The van der Waals surface area contributed by atoms with Crippen LogP contribution in [0.1, 0.15) is 31.2 Å². The van der Waals surface area contributed by atoms with Crippen molar-refractivity contribution in [2.45, 2.75) is 43.5 Å². The number of aliphatic hydroxyl groups excluding tert-OH is 1. The van der Waals surface area contributed by atoms with Crippen molar-refractivity contribution in [2.75, 3.05) is 17.3 Å². The Morgan fingerprint density at radius 3 is 2.77 bits per heavy atom. The first kappa shape index (κ1) is 23.9. The smallest absolute Gasteiger partial charge is 0.313 e. The molecule has 0 heterocycles. The van der Waals surface area contributed by atoms with E-state index in [1.54, 1.807) is 11.8 Å². The summed E-state index contributed by atoms with van der Waals surface area (Å²) in [5, 5.41) is 21.5. The maximum atomic E-state index is 12.3. The number of carbonyl (C=O) groups is 2. The maximum absolute atomic E-state index is 12.3. The van der Waals surface area contributed by atoms with Crippen molar-refractivity contribution in [3.05, 3.63) is 60.2 Å². The summed E-state index contributed by atoms with van der Waals surface area (Å²) in [6.07, 6.45) is 7.21. The van der Waals surface area contributed by atoms with Gasteiger partial charge in [0.15, 0.2) is 0 Å². The van der Waals surface area contributed by atoms with Gasteiger partial charge in [0, 0.05) is 6.42 Å². The van der Waals surface area contributed by atoms with Crippen LogP contribution in [-0.2, 0) is 16.0 Å². The van der Waals surface area contributed by atoms with Crippen LogP contribution in [0.4, 0.5) is 0 Å². The Kier molecular flexibility index (Phi) is 9.50. The summed E-state index contributed by atoms with van der Waals surface area (Å²) < 4.78 is 0. The van der Waals surface area contributed by atoms with Gasteiger partial charge in [-0.3, -0.25) is 9.59 Å². The first-order valence-electron chi connectivity index (χ1n) is 10.8. The van der Waals surface area contributed by atoms with Gasteiger partial charge in [0.25, 0.3) is 0 Å². The molecule has 1 fully saturated rings. The number of benzene rings is 2. The summed E-state index contributed by atoms with van der Waals surface area (Å²) in [5.74, 6) is 1.48. The van der Waals surface area contributed by atoms with Gasteiger partial charge >= 0.3 is 5.97 Å². The molecule has 0 aliphatic heterocycles. The lowest BCUT2D eigenvalue weighted by atomic mass is 10.0. The fourth-order valence-electron chi connectivity index (χ4n) is 3.86. The number of Topliss-reactive ketones (excluding diaryl/α,β-unsaturated/α-hetero) is 1. The van der Waals surface area contributed by atoms with E-state index >= 15 is 0 Å². The number of carbonyl (C=O) groups excluding carboxylic acids is 1. The average molecular weight is 459 g/mol. The minimum atomic E-state index is -0.784. The van der Waals surface area contributed by atoms with E-state index in [-0.39, 0.29) is 16.9 Å². The molecule has 1 aliphatic rings. The second kappa shape index (κ2) is 12.3. The van der Waals surface area contributed by atoms with Crippen molar-refractivity contribution in [3.8, 4) is 0 Å². The molecule has 0 radical (unpaired) electrons. The van der Waals surface area contributed by atoms with Crippen molar-refractivity contribution >= 4 is 46.0 Å². The van der Waals surface area contributed by atoms with Crippen LogP contribution in [-0.4, -0.2) is 50.6 Å². The van der Waals surface area contributed by atoms with Crippen molar-refractivity contribution in [1.82, 2.24) is 0 Å². The van der Waals surface area contributed by atoms with Crippen LogP contribution in [0.2, 0.25) is 0 Å². The van der Waals surface area contributed by atoms with Crippen LogP contribution in [0.3, 0.4) is 0 Å². The van der Waals surface area contributed by atoms with Crippen LogP contribution in [0.15, 0.2) is 54.6 Å². The molecule has 2 aromatic carbocycles. The third kappa shape index (κ3) is 7.70. The van der Waals surface area contributed by atoms with Crippen molar-refractivity contribution in [1.29, 1.82) is 0 Å². The van der Waals surface area contributed by atoms with Crippen LogP contribution in [0.25, 0.3) is 10.8 Å². The molecule has 0 bridgehead atoms. The molecule has 166 valence electrons. The zero-order valence-electron chi connectivity index (χ0n) is 17.6. The highest BCUT2D eigenvalue weighted by Crippen LogP contribution is 2.34. The minimum Gasteiger partial charge on any atom is -0.481 e. The van der Waals surface area contributed by atoms with E-state index in [4.69, 9.17) is 5.11 Å². The summed E-state index contributed by atoms with van der Waals surface area (Å²) in [6.45, 7) is 0. The van der Waals surface area contributed by atoms with Crippen LogP contribution in [0.5, 0.6) is 0 Å². The monoisotopic (exact) mass is 458 g/mol. The number of ketones is 1. The third-order valence-corrected chi connectivity index (χ3v) is 8.03. The van der Waals surface area contributed by atoms with Gasteiger partial charge in [0.1, 0.15) is 5.78 Å². The van der Waals surface area contributed by atoms with Gasteiger partial charge in [-0.25, -0.2) is 0 Å². The average Bonchev–Trinajstić information content (AvgIpc) is 3.12. The minimum absolute atomic E-state index is 0.0339. The van der Waals surface area contributed by atoms with Crippen molar-refractivity contribution in [3.63, 3.8) is 0 Å². The first-order chi connectivity index (χ1) is 15.0. The molecule has 1 aliphatic carbocycles. The maximum Gasteiger partial charge on any atom is 0.313 e. The molecule has 6 heteroatoms. The van der Waals surface area contributed by atoms with E-state index in [0.29, 0.717) is 18.6 Å². The SMILES string of the molecule is O=C(O)CSCCCS[C@H]1C(=O)CC[C@@H]1C=C[C@@H](O)CCc1ccc2ccccc2c1. The third-order valence-electron chi connectivity index (χ3n) is 5.51. The first-order valence-corrected chi connectivity index (χ1v) is 13.0. The fourth-order valence-corrected chi connectivity index (χ4v) is 6.05. The summed E-state index contributed by atoms with van der Waals surface area (Å²) in [4.78, 5) is 22.8. The van der Waals surface area contributed by atoms with Gasteiger partial charge < -0.3 is 10.2 Å². The summed E-state index contributed by atoms with van der Waals surface area (Å²) in [6, 6.07) is 14.7. The molecule has 3 rings (SSSR count). The number of rotatable bonds is 12. The molecule has 1 saturated carbocycles. The second-order valence-electron chi connectivity index (χ2n) is 7.93. The van der Waals surface area contributed by atoms with Crippen LogP contribution in [0, 0.1) is 5.92 Å². The molecule has 2 aromatic rings. The normalized spacial score (nSPS) is 20.0. The van der Waals surface area contributed by atoms with Crippen LogP contribution < -0.4 is 0 Å². The lowest BCUT2D eigenvalue weighted by Crippen LogP contribution is -2.17. The molecular weight excluding hydrogens is 428 g/mol. The van der Waals surface area contributed by atoms with E-state index in [0.717, 1.165) is 30.8 Å². The molecule has 0 spiro atoms. The molecule has 2 N–H and O–H groups in total. The Morgan fingerprint density at radius 2 is 1.97 bits per heavy atom. The Labute approximate surface area is 192 Å². The van der Waals surface area contributed by atoms with Crippen LogP contribution >= 0.6 is 23.5 Å². The molecule has 4 nitrogen and oxygen atoms in total. The predicted octanol–water partition coefficient (Wildman–Crippen LogP) is 4.98. The summed E-state index contributed by atoms with van der Waals surface area (Å²) in [5.41, 5.74) is 1.22. The topological polar surface area (TPSA) is 74.6 Å². The summed E-state index contributed by atoms with van der Waals surface area (Å²) in [7, 11) is 0. The largest absolute Gasteiger partial charge is 0.481 e. The number of carboxylic acids is 1. The number of aryl methyl sites for hydroxylation is 1. The molecular formula is C25H30O4S2. The molecule has 0 aromatic heterocycles. The quantitative estimate of drug-likeness (QED) is 0.345. The van der Waals surface area contributed by atoms with Gasteiger partial charge in [0.2, 0.25) is 0 Å². The number of thioether (sulfide) groups is 2. The Balaban J connectivity index is 1.42. The highest BCUT2D eigenvalue weighted by molar-refractivity contribution is 8.01. The highest BCUT2D eigenvalue weighted by Gasteiger charge is 2.33. The number of allylic oxidation sites excluding steroid dienone is 1. The standard InChI is InChI=1S/C25H30O4S2/c26-22(11-7-18-6-8-19-4-1-2-5-21(19)16-18)12-9-20-10-13-23(27)25(20)31-15-3-14-30-17-24(28)29/h1-2,4-6,8-9,12,16,20,22,25-26H,3,7,10-11,13-15,17H2,(H,28,29)/t20-,22-,25+/m0/s1. The van der Waals surface area contributed by atoms with Gasteiger partial charge in [0.05, 0.1) is 17.1 Å². The predicted molar refractivity (Wildman–Crippen MR) is 131 cm³/mol. The van der Waals surface area contributed by atoms with E-state index in [1.165, 1.54) is 28.1 Å². The second-order valence-corrected chi connectivity index (χ2v) is 10.3. The van der Waals surface area contributed by atoms with Gasteiger partial charge in [-0.05, 0) is 59.4 Å². The zero-order chi connectivity index (χ0) is 22.1. The number of fused-ring (bicyclic) bond motifs is 1. The fraction of sp³-hybridized carbons (Fsp3) is 0.440. The Hall–Kier alpha value is -1.76. The Morgan fingerprint density at radius 1 is 1.16 bits per heavy atom. The number of hydrogen-bond donors (Lipinski definition) is 2. The number of hydrogen-bond acceptors (Lipinski definition) is 5. The molecule has 3 atom stereocenters. The number of aliphatic carboxylic acids is 1.